The van der Waals surface area contributed by atoms with Gasteiger partial charge in [0.25, 0.3) is 0 Å². The summed E-state index contributed by atoms with van der Waals surface area (Å²) in [4.78, 5) is 2.74. The van der Waals surface area contributed by atoms with Crippen LogP contribution in [0.5, 0.6) is 0 Å². The first-order chi connectivity index (χ1) is 9.54. The van der Waals surface area contributed by atoms with E-state index in [4.69, 9.17) is 0 Å². The summed E-state index contributed by atoms with van der Waals surface area (Å²) in [6.45, 7) is 24.5. The molecule has 21 heavy (non-hydrogen) atoms. The first-order valence-electron chi connectivity index (χ1n) is 9.29. The van der Waals surface area contributed by atoms with E-state index in [9.17, 15) is 0 Å². The molecule has 0 saturated carbocycles. The van der Waals surface area contributed by atoms with Crippen molar-refractivity contribution in [3.63, 3.8) is 0 Å². The van der Waals surface area contributed by atoms with Gasteiger partial charge in [-0.1, -0.05) is 54.9 Å². The van der Waals surface area contributed by atoms with Gasteiger partial charge in [0.05, 0.1) is 0 Å². The van der Waals surface area contributed by atoms with Crippen LogP contribution in [0.4, 0.5) is 0 Å². The van der Waals surface area contributed by atoms with Crippen LogP contribution >= 0.6 is 0 Å². The first-order valence-corrected chi connectivity index (χ1v) is 9.29. The Bertz CT molecular complexity index is 316. The molecular weight excluding hydrogens is 254 g/mol. The van der Waals surface area contributed by atoms with Crippen molar-refractivity contribution in [2.45, 2.75) is 87.1 Å². The topological polar surface area (TPSA) is 3.24 Å². The molecule has 1 rings (SSSR count). The Kier molecular flexibility index (Phi) is 6.36. The van der Waals surface area contributed by atoms with Crippen molar-refractivity contribution >= 4 is 0 Å². The van der Waals surface area contributed by atoms with E-state index < -0.39 is 0 Å². The van der Waals surface area contributed by atoms with Gasteiger partial charge in [0.1, 0.15) is 0 Å². The Morgan fingerprint density at radius 3 is 2.05 bits per heavy atom. The van der Waals surface area contributed by atoms with Crippen LogP contribution in [0, 0.1) is 29.1 Å². The summed E-state index contributed by atoms with van der Waals surface area (Å²) in [6.07, 6.45) is 4.04. The third-order valence-corrected chi connectivity index (χ3v) is 5.99. The van der Waals surface area contributed by atoms with Crippen molar-refractivity contribution < 1.29 is 0 Å². The fourth-order valence-corrected chi connectivity index (χ4v) is 5.32. The Morgan fingerprint density at radius 2 is 1.62 bits per heavy atom. The molecule has 3 atom stereocenters. The Morgan fingerprint density at radius 1 is 1.05 bits per heavy atom. The van der Waals surface area contributed by atoms with Gasteiger partial charge >= 0.3 is 0 Å². The van der Waals surface area contributed by atoms with Crippen molar-refractivity contribution in [2.75, 3.05) is 13.1 Å². The molecule has 1 heterocycles. The summed E-state index contributed by atoms with van der Waals surface area (Å²) in [6, 6.07) is 0. The van der Waals surface area contributed by atoms with E-state index in [2.05, 4.69) is 67.2 Å². The van der Waals surface area contributed by atoms with Gasteiger partial charge in [0, 0.05) is 12.1 Å². The predicted molar refractivity (Wildman–Crippen MR) is 95.6 cm³/mol. The summed E-state index contributed by atoms with van der Waals surface area (Å²) in [5, 5.41) is 0. The summed E-state index contributed by atoms with van der Waals surface area (Å²) in [5.41, 5.74) is 0.742. The average Bonchev–Trinajstić information content (AvgIpc) is 2.35. The second-order valence-corrected chi connectivity index (χ2v) is 9.37. The lowest BCUT2D eigenvalue weighted by Gasteiger charge is -2.43. The van der Waals surface area contributed by atoms with E-state index in [1.807, 2.05) is 0 Å². The maximum absolute atomic E-state index is 2.74. The SMILES string of the molecule is CCC1CC(C)(C)CN(CC)C(C)(C)CC(C)C1C(C)C. The van der Waals surface area contributed by atoms with Crippen molar-refractivity contribution in [2.24, 2.45) is 29.1 Å². The van der Waals surface area contributed by atoms with Crippen LogP contribution in [0.3, 0.4) is 0 Å². The zero-order chi connectivity index (χ0) is 16.4. The molecule has 0 aromatic heterocycles. The quantitative estimate of drug-likeness (QED) is 0.632. The molecule has 0 aliphatic carbocycles. The third kappa shape index (κ3) is 4.71. The molecule has 1 nitrogen and oxygen atoms in total. The number of hydrogen-bond donors (Lipinski definition) is 0. The van der Waals surface area contributed by atoms with Crippen molar-refractivity contribution in [3.05, 3.63) is 0 Å². The van der Waals surface area contributed by atoms with Crippen molar-refractivity contribution in [1.29, 1.82) is 0 Å². The van der Waals surface area contributed by atoms with Gasteiger partial charge in [0.2, 0.25) is 0 Å². The molecule has 0 radical (unpaired) electrons. The summed E-state index contributed by atoms with van der Waals surface area (Å²) in [5.74, 6) is 3.35. The fourth-order valence-electron chi connectivity index (χ4n) is 5.32. The third-order valence-electron chi connectivity index (χ3n) is 5.99. The van der Waals surface area contributed by atoms with Crippen LogP contribution in [0.15, 0.2) is 0 Å². The van der Waals surface area contributed by atoms with E-state index in [0.717, 1.165) is 23.7 Å². The second-order valence-electron chi connectivity index (χ2n) is 9.37. The van der Waals surface area contributed by atoms with Gasteiger partial charge in [-0.2, -0.15) is 0 Å². The molecule has 0 amide bonds. The highest BCUT2D eigenvalue weighted by Crippen LogP contribution is 2.44. The molecule has 1 aliphatic heterocycles. The molecule has 0 spiro atoms. The lowest BCUT2D eigenvalue weighted by Crippen LogP contribution is -2.48. The van der Waals surface area contributed by atoms with Crippen LogP contribution in [0.2, 0.25) is 0 Å². The lowest BCUT2D eigenvalue weighted by atomic mass is 9.67. The Labute approximate surface area is 134 Å². The average molecular weight is 296 g/mol. The van der Waals surface area contributed by atoms with Gasteiger partial charge in [-0.25, -0.2) is 0 Å². The molecule has 1 fully saturated rings. The van der Waals surface area contributed by atoms with Gasteiger partial charge in [-0.3, -0.25) is 4.90 Å². The molecular formula is C20H41N. The first kappa shape index (κ1) is 19.0. The minimum atomic E-state index is 0.321. The smallest absolute Gasteiger partial charge is 0.0156 e. The maximum Gasteiger partial charge on any atom is 0.0156 e. The molecule has 1 heteroatoms. The second kappa shape index (κ2) is 7.02. The Hall–Kier alpha value is -0.0400. The van der Waals surface area contributed by atoms with Crippen LogP contribution in [0.1, 0.15) is 81.6 Å². The fraction of sp³-hybridized carbons (Fsp3) is 1.00. The zero-order valence-electron chi connectivity index (χ0n) is 16.3. The van der Waals surface area contributed by atoms with Crippen LogP contribution in [0.25, 0.3) is 0 Å². The zero-order valence-corrected chi connectivity index (χ0v) is 16.3. The molecule has 3 unspecified atom stereocenters. The monoisotopic (exact) mass is 295 g/mol. The number of nitrogens with zero attached hydrogens (tertiary/aromatic N) is 1. The standard InChI is InChI=1S/C20H41N/c1-10-17-13-19(6,7)14-21(11-2)20(8,9)12-16(5)18(17)15(3)4/h15-18H,10-14H2,1-9H3. The molecule has 1 saturated heterocycles. The van der Waals surface area contributed by atoms with Gasteiger partial charge in [-0.15, -0.1) is 0 Å². The molecule has 0 N–H and O–H groups in total. The van der Waals surface area contributed by atoms with Crippen LogP contribution in [-0.4, -0.2) is 23.5 Å². The molecule has 0 aromatic carbocycles. The van der Waals surface area contributed by atoms with Gasteiger partial charge < -0.3 is 0 Å². The number of hydrogen-bond acceptors (Lipinski definition) is 1. The van der Waals surface area contributed by atoms with E-state index in [-0.39, 0.29) is 0 Å². The molecule has 0 aromatic rings. The highest BCUT2D eigenvalue weighted by Gasteiger charge is 2.40. The summed E-state index contributed by atoms with van der Waals surface area (Å²) < 4.78 is 0. The number of rotatable bonds is 3. The van der Waals surface area contributed by atoms with Gasteiger partial charge in [0.15, 0.2) is 0 Å². The van der Waals surface area contributed by atoms with Crippen LogP contribution < -0.4 is 0 Å². The normalized spacial score (nSPS) is 34.3. The van der Waals surface area contributed by atoms with Crippen LogP contribution in [-0.2, 0) is 0 Å². The Balaban J connectivity index is 3.19. The molecule has 126 valence electrons. The highest BCUT2D eigenvalue weighted by molar-refractivity contribution is 4.93. The summed E-state index contributed by atoms with van der Waals surface area (Å²) in [7, 11) is 0. The largest absolute Gasteiger partial charge is 0.298 e. The van der Waals surface area contributed by atoms with Crippen molar-refractivity contribution in [3.8, 4) is 0 Å². The minimum absolute atomic E-state index is 0.321. The van der Waals surface area contributed by atoms with Crippen molar-refractivity contribution in [1.82, 2.24) is 4.90 Å². The molecule has 1 aliphatic rings. The van der Waals surface area contributed by atoms with E-state index in [1.54, 1.807) is 0 Å². The highest BCUT2D eigenvalue weighted by atomic mass is 15.2. The lowest BCUT2D eigenvalue weighted by molar-refractivity contribution is 0.0629. The summed E-state index contributed by atoms with van der Waals surface area (Å²) >= 11 is 0. The van der Waals surface area contributed by atoms with E-state index in [0.29, 0.717) is 11.0 Å². The maximum atomic E-state index is 2.74. The minimum Gasteiger partial charge on any atom is -0.298 e. The van der Waals surface area contributed by atoms with E-state index >= 15 is 0 Å². The van der Waals surface area contributed by atoms with Gasteiger partial charge in [-0.05, 0) is 62.3 Å². The van der Waals surface area contributed by atoms with E-state index in [1.165, 1.54) is 32.4 Å². The molecule has 0 bridgehead atoms. The predicted octanol–water partition coefficient (Wildman–Crippen LogP) is 5.84.